The number of primary amides is 1. The Hall–Kier alpha value is -8.99. The first-order chi connectivity index (χ1) is 46.6. The summed E-state index contributed by atoms with van der Waals surface area (Å²) in [5.74, 6) is -8.01. The smallest absolute Gasteiger partial charge is 0.329 e. The third-order valence-corrected chi connectivity index (χ3v) is 22.7. The van der Waals surface area contributed by atoms with Crippen LogP contribution in [0.2, 0.25) is 0 Å². The highest BCUT2D eigenvalue weighted by Gasteiger charge is 2.46. The van der Waals surface area contributed by atoms with Crippen LogP contribution in [-0.2, 0) is 30.3 Å². The second-order valence-corrected chi connectivity index (χ2v) is 29.2. The summed E-state index contributed by atoms with van der Waals surface area (Å²) in [4.78, 5) is 147. The number of amides is 5. The number of aromatic nitrogens is 7. The van der Waals surface area contributed by atoms with Crippen LogP contribution < -0.4 is 16.4 Å². The van der Waals surface area contributed by atoms with Gasteiger partial charge >= 0.3 is 11.9 Å². The second-order valence-electron chi connectivity index (χ2n) is 23.6. The lowest BCUT2D eigenvalue weighted by Gasteiger charge is -2.35. The van der Waals surface area contributed by atoms with Gasteiger partial charge in [-0.1, -0.05) is 49.4 Å². The second kappa shape index (κ2) is 29.4. The molecule has 32 heteroatoms. The molecule has 2 aliphatic heterocycles. The summed E-state index contributed by atoms with van der Waals surface area (Å²) in [6, 6.07) is 14.7. The monoisotopic (exact) mass is 1430 g/mol. The van der Waals surface area contributed by atoms with E-state index in [0.717, 1.165) is 45.3 Å². The summed E-state index contributed by atoms with van der Waals surface area (Å²) < 4.78 is 5.33. The fourth-order valence-electron chi connectivity index (χ4n) is 12.1. The van der Waals surface area contributed by atoms with Gasteiger partial charge in [-0.2, -0.15) is 0 Å². The van der Waals surface area contributed by atoms with Crippen molar-refractivity contribution in [2.75, 3.05) is 26.3 Å². The van der Waals surface area contributed by atoms with Crippen molar-refractivity contribution in [3.8, 4) is 49.1 Å². The molecule has 2 fully saturated rings. The first-order valence-corrected chi connectivity index (χ1v) is 35.9. The number of carboxylic acids is 2. The molecule has 0 unspecified atom stereocenters. The number of ketones is 1. The number of hydrogen-bond donors (Lipinski definition) is 8. The zero-order valence-electron chi connectivity index (χ0n) is 51.7. The van der Waals surface area contributed by atoms with E-state index in [1.54, 1.807) is 89.5 Å². The highest BCUT2D eigenvalue weighted by Crippen LogP contribution is 2.44. The number of rotatable bonds is 15. The van der Waals surface area contributed by atoms with E-state index < -0.39 is 108 Å². The van der Waals surface area contributed by atoms with E-state index in [9.17, 15) is 59.1 Å². The Labute approximate surface area is 577 Å². The highest BCUT2D eigenvalue weighted by molar-refractivity contribution is 7.15. The SMILES string of the molecule is Cc1sc2nc1C(=O)C[C@@H]([C@H](O)c1ccccc1)c1nc(cs1)C(=O)N[C@@H](Cc1ccc(O)cc1)C(=O)N1C[C@H](O)[C@H](C)[C@H]1c1nc(cs1)-c1nc(cs1)-c1nc(-c3nc(C(=O)N(CCOCC(=O)O)C4CCC(C(=O)O)CC4)cs3)ccc1-c1nc(cs1)C(=O)N[C@H]2CC(N)=O. The van der Waals surface area contributed by atoms with Crippen molar-refractivity contribution >= 4 is 115 Å². The van der Waals surface area contributed by atoms with E-state index in [4.69, 9.17) is 45.4 Å². The predicted molar refractivity (Wildman–Crippen MR) is 360 cm³/mol. The standard InChI is InChI=1S/C65H62N12O14S6/c1-30-48(80)23-77-53(30)62-73-45(28-96-62)60-70-42(25-94-60)52-37(16-17-39(67-52)59-74-46(29-95-59)64(88)76(18-19-91-24-50(82)83)35-12-10-34(11-13-35)65(89)90)57-71-43(26-92-57)55(85)68-40(22-49(66)81)61-75-51(31(2)97-61)47(79)21-38(54(84)33-6-4-3-5-7-33)58-72-44(27-93-58)56(86)69-41(63(77)87)20-32-8-14-36(78)15-9-32/h3-9,14-17,25-30,34-35,38,40-41,48,53-54,78,80,84H,10-13,18-24H2,1-2H3,(H2,66,81)(H,68,85)(H,69,86)(H,82,83)(H,89,90)/t30-,34?,35?,38-,40-,41-,48-,53-,54+/m0/s1. The summed E-state index contributed by atoms with van der Waals surface area (Å²) in [5.41, 5.74) is 8.57. The molecule has 502 valence electrons. The maximum absolute atomic E-state index is 15.3. The molecular formula is C65H62N12O14S6. The van der Waals surface area contributed by atoms with Gasteiger partial charge in [0.15, 0.2) is 5.78 Å². The third kappa shape index (κ3) is 15.1. The van der Waals surface area contributed by atoms with Crippen molar-refractivity contribution in [3.05, 3.63) is 147 Å². The molecule has 7 atom stereocenters. The number of aliphatic hydroxyl groups excluding tert-OH is 2. The molecule has 12 rings (SSSR count). The molecule has 1 saturated carbocycles. The van der Waals surface area contributed by atoms with Crippen LogP contribution in [0.4, 0.5) is 0 Å². The van der Waals surface area contributed by atoms with Crippen LogP contribution in [0.5, 0.6) is 5.75 Å². The quantitative estimate of drug-likeness (QED) is 0.0447. The zero-order chi connectivity index (χ0) is 68.3. The van der Waals surface area contributed by atoms with Gasteiger partial charge in [0.2, 0.25) is 11.8 Å². The molecule has 9 N–H and O–H groups in total. The number of ether oxygens (including phenoxy) is 1. The van der Waals surface area contributed by atoms with E-state index in [2.05, 4.69) is 10.6 Å². The fourth-order valence-corrected chi connectivity index (χ4v) is 17.5. The maximum atomic E-state index is 15.3. The van der Waals surface area contributed by atoms with Crippen molar-refractivity contribution in [2.45, 2.75) is 101 Å². The number of thiazole rings is 6. The number of carbonyl (C=O) groups is 8. The van der Waals surface area contributed by atoms with Crippen LogP contribution in [0.3, 0.4) is 0 Å². The molecule has 1 saturated heterocycles. The van der Waals surface area contributed by atoms with Crippen molar-refractivity contribution < 1.29 is 68.6 Å². The Kier molecular flexibility index (Phi) is 20.6. The number of nitrogens with one attached hydrogen (secondary N) is 2. The van der Waals surface area contributed by atoms with Gasteiger partial charge in [0.1, 0.15) is 83.3 Å². The van der Waals surface area contributed by atoms with E-state index >= 15 is 4.79 Å². The highest BCUT2D eigenvalue weighted by atomic mass is 32.1. The number of carboxylic acid groups (broad SMARTS) is 2. The molecule has 0 spiro atoms. The Balaban J connectivity index is 0.930. The minimum atomic E-state index is -1.32. The summed E-state index contributed by atoms with van der Waals surface area (Å²) in [6.45, 7) is 2.71. The van der Waals surface area contributed by atoms with Gasteiger partial charge in [-0.15, -0.1) is 68.0 Å². The number of phenolic OH excluding ortho intramolecular Hbond substituents is 1. The molecule has 10 bridgehead atoms. The number of aliphatic hydroxyl groups is 2. The lowest BCUT2D eigenvalue weighted by molar-refractivity contribution is -0.143. The largest absolute Gasteiger partial charge is 0.508 e. The van der Waals surface area contributed by atoms with E-state index in [1.165, 1.54) is 50.5 Å². The number of nitrogens with two attached hydrogens (primary N) is 1. The molecule has 2 aromatic carbocycles. The Morgan fingerprint density at radius 3 is 2.09 bits per heavy atom. The number of Topliss-reactive ketones (excluding diaryl/α,β-unsaturated/α-hetero) is 1. The third-order valence-electron chi connectivity index (χ3n) is 17.2. The molecule has 9 aromatic rings. The minimum absolute atomic E-state index is 0.000461. The summed E-state index contributed by atoms with van der Waals surface area (Å²) >= 11 is 6.84. The Bertz CT molecular complexity index is 4450. The number of aromatic hydroxyl groups is 1. The minimum Gasteiger partial charge on any atom is -0.508 e. The predicted octanol–water partition coefficient (Wildman–Crippen LogP) is 8.36. The van der Waals surface area contributed by atoms with Gasteiger partial charge in [-0.05, 0) is 68.0 Å². The topological polar surface area (TPSA) is 394 Å². The van der Waals surface area contributed by atoms with Gasteiger partial charge in [0.05, 0.1) is 53.9 Å². The zero-order valence-corrected chi connectivity index (χ0v) is 56.6. The number of pyridine rings is 1. The molecule has 5 amide bonds. The van der Waals surface area contributed by atoms with E-state index in [0.29, 0.717) is 84.4 Å². The van der Waals surface area contributed by atoms with Gasteiger partial charge in [-0.3, -0.25) is 33.6 Å². The van der Waals surface area contributed by atoms with E-state index in [-0.39, 0.29) is 82.8 Å². The van der Waals surface area contributed by atoms with Gasteiger partial charge < -0.3 is 56.4 Å². The summed E-state index contributed by atoms with van der Waals surface area (Å²) in [6.07, 6.45) is -1.67. The van der Waals surface area contributed by atoms with Crippen molar-refractivity contribution in [1.82, 2.24) is 55.3 Å². The number of hydrogen-bond acceptors (Lipinski definition) is 25. The number of aryl methyl sites for hydroxylation is 1. The van der Waals surface area contributed by atoms with Crippen LogP contribution in [-0.4, -0.2) is 162 Å². The van der Waals surface area contributed by atoms with Gasteiger partial charge in [0, 0.05) is 81.1 Å². The van der Waals surface area contributed by atoms with Crippen LogP contribution in [0.25, 0.3) is 43.4 Å². The van der Waals surface area contributed by atoms with Crippen LogP contribution in [0.15, 0.2) is 93.6 Å². The fraction of sp³-hybridized carbons (Fsp3) is 0.338. The number of benzene rings is 2. The number of carbonyl (C=O) groups excluding carboxylic acids is 6. The van der Waals surface area contributed by atoms with Crippen molar-refractivity contribution in [2.24, 2.45) is 17.6 Å². The average Bonchev–Trinajstić information content (AvgIpc) is 1.64. The molecule has 9 heterocycles. The van der Waals surface area contributed by atoms with Crippen molar-refractivity contribution in [1.29, 1.82) is 0 Å². The lowest BCUT2D eigenvalue weighted by atomic mass is 9.85. The van der Waals surface area contributed by atoms with Gasteiger partial charge in [0.25, 0.3) is 17.7 Å². The summed E-state index contributed by atoms with van der Waals surface area (Å²) in [7, 11) is 0. The molecule has 97 heavy (non-hydrogen) atoms. The number of phenols is 1. The molecule has 3 aliphatic rings. The van der Waals surface area contributed by atoms with E-state index in [1.807, 2.05) is 0 Å². The van der Waals surface area contributed by atoms with Crippen LogP contribution in [0, 0.1) is 18.8 Å². The molecular weight excluding hydrogens is 1370 g/mol. The molecule has 0 radical (unpaired) electrons. The van der Waals surface area contributed by atoms with Crippen molar-refractivity contribution in [3.63, 3.8) is 0 Å². The molecule has 7 aromatic heterocycles. The first-order valence-electron chi connectivity index (χ1n) is 30.7. The number of aliphatic carboxylic acids is 2. The average molecular weight is 1430 g/mol. The number of fused-ring (bicyclic) bond motifs is 16. The Morgan fingerprint density at radius 1 is 0.711 bits per heavy atom. The van der Waals surface area contributed by atoms with Crippen LogP contribution in [0.1, 0.15) is 143 Å². The lowest BCUT2D eigenvalue weighted by Crippen LogP contribution is -2.50. The molecule has 26 nitrogen and oxygen atoms in total. The summed E-state index contributed by atoms with van der Waals surface area (Å²) in [5, 5.41) is 68.6. The first kappa shape index (κ1) is 68.0. The normalized spacial score (nSPS) is 21.1. The van der Waals surface area contributed by atoms with Crippen LogP contribution >= 0.6 is 68.0 Å². The maximum Gasteiger partial charge on any atom is 0.329 e. The molecule has 1 aliphatic carbocycles. The number of nitrogens with zero attached hydrogens (tertiary/aromatic N) is 9. The van der Waals surface area contributed by atoms with Gasteiger partial charge in [-0.25, -0.2) is 39.7 Å². The Morgan fingerprint density at radius 2 is 1.36 bits per heavy atom.